The molecule has 40 heavy (non-hydrogen) atoms. The lowest BCUT2D eigenvalue weighted by molar-refractivity contribution is -0.144. The quantitative estimate of drug-likeness (QED) is 0.221. The highest BCUT2D eigenvalue weighted by Gasteiger charge is 2.65. The summed E-state index contributed by atoms with van der Waals surface area (Å²) in [6, 6.07) is 7.74. The molecule has 0 N–H and O–H groups in total. The number of carbonyl (C=O) groups is 4. The molecule has 2 aromatic carbocycles. The van der Waals surface area contributed by atoms with Crippen molar-refractivity contribution in [3.05, 3.63) is 41.5 Å². The van der Waals surface area contributed by atoms with Gasteiger partial charge >= 0.3 is 5.97 Å². The van der Waals surface area contributed by atoms with E-state index in [-0.39, 0.29) is 47.1 Å². The van der Waals surface area contributed by atoms with Crippen molar-refractivity contribution < 1.29 is 41.4 Å². The zero-order valence-electron chi connectivity index (χ0n) is 22.9. The number of ketones is 1. The maximum Gasteiger partial charge on any atom is 0.305 e. The first-order valence-corrected chi connectivity index (χ1v) is 15.2. The molecule has 2 saturated carbocycles. The third kappa shape index (κ3) is 4.58. The number of hydrogen-bond acceptors (Lipinski definition) is 9. The molecule has 214 valence electrons. The number of carbonyl (C=O) groups excluding carboxylic acids is 4. The summed E-state index contributed by atoms with van der Waals surface area (Å²) in [6.07, 6.45) is 3.47. The monoisotopic (exact) mass is 571 g/mol. The Kier molecular flexibility index (Phi) is 7.24. The molecule has 1 aliphatic heterocycles. The van der Waals surface area contributed by atoms with Crippen molar-refractivity contribution in [3.8, 4) is 5.75 Å². The molecular weight excluding hydrogens is 538 g/mol. The second-order valence-corrected chi connectivity index (χ2v) is 12.9. The van der Waals surface area contributed by atoms with Crippen molar-refractivity contribution in [3.63, 3.8) is 0 Å². The van der Waals surface area contributed by atoms with E-state index in [0.29, 0.717) is 35.8 Å². The van der Waals surface area contributed by atoms with Gasteiger partial charge in [0.1, 0.15) is 24.7 Å². The summed E-state index contributed by atoms with van der Waals surface area (Å²) >= 11 is 0. The number of hydrogen-bond donors (Lipinski definition) is 0. The molecule has 11 heteroatoms. The maximum absolute atomic E-state index is 13.4. The van der Waals surface area contributed by atoms with Gasteiger partial charge in [0, 0.05) is 23.6 Å². The number of Topliss-reactive ketones (excluding diaryl/α,β-unsaturated/α-hetero) is 1. The van der Waals surface area contributed by atoms with E-state index in [1.807, 2.05) is 20.8 Å². The summed E-state index contributed by atoms with van der Waals surface area (Å²) in [4.78, 5) is 51.3. The molecule has 0 spiro atoms. The first-order valence-electron chi connectivity index (χ1n) is 13.6. The van der Waals surface area contributed by atoms with Gasteiger partial charge in [0.2, 0.25) is 0 Å². The summed E-state index contributed by atoms with van der Waals surface area (Å²) in [5.41, 5.74) is -1.48. The van der Waals surface area contributed by atoms with E-state index < -0.39 is 38.5 Å². The first-order chi connectivity index (χ1) is 18.9. The Morgan fingerprint density at radius 3 is 2.42 bits per heavy atom. The fourth-order valence-electron chi connectivity index (χ4n) is 6.49. The van der Waals surface area contributed by atoms with Gasteiger partial charge in [-0.3, -0.25) is 19.2 Å². The topological polar surface area (TPSA) is 133 Å². The number of nitrogens with zero attached hydrogens (tertiary/aromatic N) is 1. The van der Waals surface area contributed by atoms with Crippen LogP contribution in [0.4, 0.5) is 0 Å². The average Bonchev–Trinajstić information content (AvgIpc) is 3.25. The van der Waals surface area contributed by atoms with E-state index in [1.165, 1.54) is 18.2 Å². The average molecular weight is 572 g/mol. The summed E-state index contributed by atoms with van der Waals surface area (Å²) < 4.78 is 42.6. The van der Waals surface area contributed by atoms with Crippen LogP contribution in [-0.4, -0.2) is 56.0 Å². The van der Waals surface area contributed by atoms with Crippen LogP contribution in [0.3, 0.4) is 0 Å². The number of rotatable bonds is 11. The lowest BCUT2D eigenvalue weighted by Crippen LogP contribution is -2.46. The van der Waals surface area contributed by atoms with Crippen LogP contribution in [0, 0.1) is 16.7 Å². The minimum Gasteiger partial charge on any atom is -0.489 e. The van der Waals surface area contributed by atoms with Crippen molar-refractivity contribution >= 4 is 44.5 Å². The molecule has 0 radical (unpaired) electrons. The van der Waals surface area contributed by atoms with Crippen LogP contribution < -0.4 is 4.74 Å². The summed E-state index contributed by atoms with van der Waals surface area (Å²) in [5.74, 6) is -2.38. The number of fused-ring (bicyclic) bond motifs is 2. The van der Waals surface area contributed by atoms with E-state index in [1.54, 1.807) is 12.1 Å². The SMILES string of the molecule is CCCCC(=O)OCCOc1ccc2c3c(cccc13)C(=O)N(OS(=O)(=O)CC13CCC(CC1=O)C3(C)C)C2=O. The zero-order valence-corrected chi connectivity index (χ0v) is 23.7. The van der Waals surface area contributed by atoms with Crippen LogP contribution in [-0.2, 0) is 28.7 Å². The summed E-state index contributed by atoms with van der Waals surface area (Å²) in [7, 11) is -4.49. The minimum absolute atomic E-state index is 0.0460. The first kappa shape index (κ1) is 28.2. The fraction of sp³-hybridized carbons (Fsp3) is 0.517. The number of imide groups is 1. The number of ether oxygens (including phenoxy) is 2. The number of amides is 2. The van der Waals surface area contributed by atoms with Crippen LogP contribution in [0.25, 0.3) is 10.8 Å². The number of esters is 1. The standard InChI is InChI=1S/C29H33NO9S/c1-4-5-9-24(32)38-15-14-37-22-11-10-21-25-19(22)7-6-8-20(25)26(33)30(27(21)34)39-40(35,36)17-29-13-12-18(16-23(29)31)28(29,2)3/h6-8,10-11,18H,4-5,9,12-17H2,1-3H3. The van der Waals surface area contributed by atoms with Crippen molar-refractivity contribution in [1.29, 1.82) is 0 Å². The van der Waals surface area contributed by atoms with Crippen LogP contribution in [0.5, 0.6) is 5.75 Å². The predicted molar refractivity (Wildman–Crippen MR) is 144 cm³/mol. The van der Waals surface area contributed by atoms with Crippen molar-refractivity contribution in [2.75, 3.05) is 19.0 Å². The zero-order chi connectivity index (χ0) is 28.9. The molecule has 2 aliphatic carbocycles. The van der Waals surface area contributed by atoms with Gasteiger partial charge in [-0.2, -0.15) is 8.42 Å². The third-order valence-corrected chi connectivity index (χ3v) is 10.1. The molecule has 2 fully saturated rings. The molecule has 2 atom stereocenters. The van der Waals surface area contributed by atoms with Crippen molar-refractivity contribution in [2.24, 2.45) is 16.7 Å². The minimum atomic E-state index is -4.49. The maximum atomic E-state index is 13.4. The molecule has 2 aromatic rings. The molecule has 0 saturated heterocycles. The summed E-state index contributed by atoms with van der Waals surface area (Å²) in [6.45, 7) is 5.90. The van der Waals surface area contributed by atoms with Crippen molar-refractivity contribution in [2.45, 2.75) is 59.3 Å². The van der Waals surface area contributed by atoms with Gasteiger partial charge in [-0.05, 0) is 48.8 Å². The van der Waals surface area contributed by atoms with E-state index in [9.17, 15) is 27.6 Å². The Morgan fingerprint density at radius 1 is 1.05 bits per heavy atom. The van der Waals surface area contributed by atoms with Gasteiger partial charge in [0.05, 0.1) is 22.3 Å². The number of benzene rings is 2. The molecule has 2 unspecified atom stereocenters. The highest BCUT2D eigenvalue weighted by Crippen LogP contribution is 2.64. The highest BCUT2D eigenvalue weighted by molar-refractivity contribution is 7.86. The van der Waals surface area contributed by atoms with Gasteiger partial charge in [-0.15, -0.1) is 9.35 Å². The van der Waals surface area contributed by atoms with E-state index in [0.717, 1.165) is 19.3 Å². The van der Waals surface area contributed by atoms with Crippen LogP contribution in [0.2, 0.25) is 0 Å². The molecule has 2 bridgehead atoms. The van der Waals surface area contributed by atoms with Gasteiger partial charge in [0.15, 0.2) is 0 Å². The van der Waals surface area contributed by atoms with Crippen LogP contribution >= 0.6 is 0 Å². The molecule has 10 nitrogen and oxygen atoms in total. The predicted octanol–water partition coefficient (Wildman–Crippen LogP) is 4.20. The molecule has 2 amide bonds. The Bertz CT molecular complexity index is 1490. The van der Waals surface area contributed by atoms with E-state index in [2.05, 4.69) is 0 Å². The van der Waals surface area contributed by atoms with E-state index >= 15 is 0 Å². The van der Waals surface area contributed by atoms with Crippen LogP contribution in [0.1, 0.15) is 80.0 Å². The lowest BCUT2D eigenvalue weighted by Gasteiger charge is -2.36. The molecule has 5 rings (SSSR count). The van der Waals surface area contributed by atoms with Gasteiger partial charge in [-0.1, -0.05) is 39.3 Å². The number of hydroxylamine groups is 2. The molecule has 0 aromatic heterocycles. The molecular formula is C29H33NO9S. The van der Waals surface area contributed by atoms with Gasteiger partial charge in [-0.25, -0.2) is 0 Å². The second kappa shape index (κ2) is 10.3. The third-order valence-electron chi connectivity index (χ3n) is 8.92. The Labute approximate surface area is 233 Å². The van der Waals surface area contributed by atoms with Gasteiger partial charge < -0.3 is 9.47 Å². The van der Waals surface area contributed by atoms with Gasteiger partial charge in [0.25, 0.3) is 21.9 Å². The smallest absolute Gasteiger partial charge is 0.305 e. The van der Waals surface area contributed by atoms with Crippen LogP contribution in [0.15, 0.2) is 30.3 Å². The normalized spacial score (nSPS) is 23.2. The van der Waals surface area contributed by atoms with Crippen molar-refractivity contribution in [1.82, 2.24) is 5.06 Å². The summed E-state index contributed by atoms with van der Waals surface area (Å²) in [5, 5.41) is 1.07. The van der Waals surface area contributed by atoms with E-state index in [4.69, 9.17) is 13.8 Å². The highest BCUT2D eigenvalue weighted by atomic mass is 32.2. The lowest BCUT2D eigenvalue weighted by atomic mass is 9.70. The Hall–Kier alpha value is -3.31. The molecule has 1 heterocycles. The Morgan fingerprint density at radius 2 is 1.77 bits per heavy atom. The molecule has 3 aliphatic rings. The Balaban J connectivity index is 1.34. The second-order valence-electron chi connectivity index (χ2n) is 11.4. The largest absolute Gasteiger partial charge is 0.489 e. The fourth-order valence-corrected chi connectivity index (χ4v) is 8.19. The number of unbranched alkanes of at least 4 members (excludes halogenated alkanes) is 1.